The summed E-state index contributed by atoms with van der Waals surface area (Å²) in [5.41, 5.74) is 4.62. The average molecular weight is 150 g/mol. The lowest BCUT2D eigenvalue weighted by Crippen LogP contribution is -2.07. The molecule has 0 aliphatic heterocycles. The molecule has 0 amide bonds. The zero-order valence-corrected chi connectivity index (χ0v) is 8.07. The summed E-state index contributed by atoms with van der Waals surface area (Å²) in [5.74, 6) is 0.819. The van der Waals surface area contributed by atoms with Crippen LogP contribution in [-0.2, 0) is 0 Å². The molecule has 0 aromatic carbocycles. The molecule has 62 valence electrons. The number of hydrogen-bond acceptors (Lipinski definition) is 0. The molecule has 1 atom stereocenters. The van der Waals surface area contributed by atoms with E-state index in [-0.39, 0.29) is 0 Å². The number of allylic oxidation sites excluding steroid dienone is 4. The van der Waals surface area contributed by atoms with Crippen LogP contribution < -0.4 is 0 Å². The predicted molar refractivity (Wildman–Crippen MR) is 50.5 cm³/mol. The first-order valence-electron chi connectivity index (χ1n) is 4.49. The predicted octanol–water partition coefficient (Wildman–Crippen LogP) is 3.70. The Hall–Kier alpha value is -0.520. The van der Waals surface area contributed by atoms with Crippen LogP contribution in [0.15, 0.2) is 22.8 Å². The fraction of sp³-hybridized carbons (Fsp3) is 0.636. The van der Waals surface area contributed by atoms with E-state index in [1.54, 1.807) is 11.1 Å². The largest absolute Gasteiger partial charge is 0.0725 e. The van der Waals surface area contributed by atoms with Gasteiger partial charge in [-0.05, 0) is 39.5 Å². The van der Waals surface area contributed by atoms with Crippen molar-refractivity contribution in [2.75, 3.05) is 0 Å². The van der Waals surface area contributed by atoms with E-state index in [0.717, 1.165) is 5.92 Å². The molecule has 0 aromatic heterocycles. The zero-order valence-electron chi connectivity index (χ0n) is 8.07. The molecule has 0 fully saturated rings. The maximum absolute atomic E-state index is 2.32. The fourth-order valence-corrected chi connectivity index (χ4v) is 1.86. The van der Waals surface area contributed by atoms with Crippen LogP contribution in [0.5, 0.6) is 0 Å². The first kappa shape index (κ1) is 8.58. The minimum Gasteiger partial charge on any atom is -0.0725 e. The molecule has 0 heterocycles. The van der Waals surface area contributed by atoms with Gasteiger partial charge in [-0.3, -0.25) is 0 Å². The highest BCUT2D eigenvalue weighted by Crippen LogP contribution is 2.30. The molecule has 0 bridgehead atoms. The molecule has 0 nitrogen and oxygen atoms in total. The highest BCUT2D eigenvalue weighted by atomic mass is 14.2. The van der Waals surface area contributed by atoms with Crippen LogP contribution in [0.2, 0.25) is 0 Å². The molecule has 1 unspecified atom stereocenters. The van der Waals surface area contributed by atoms with E-state index in [9.17, 15) is 0 Å². The highest BCUT2D eigenvalue weighted by Gasteiger charge is 2.14. The summed E-state index contributed by atoms with van der Waals surface area (Å²) in [6, 6.07) is 0. The second kappa shape index (κ2) is 3.25. The first-order valence-corrected chi connectivity index (χ1v) is 4.49. The van der Waals surface area contributed by atoms with E-state index in [2.05, 4.69) is 33.8 Å². The summed E-state index contributed by atoms with van der Waals surface area (Å²) in [6.45, 7) is 9.01. The third-order valence-electron chi connectivity index (χ3n) is 2.76. The molecule has 0 aromatic rings. The van der Waals surface area contributed by atoms with Crippen LogP contribution in [-0.4, -0.2) is 0 Å². The summed E-state index contributed by atoms with van der Waals surface area (Å²) < 4.78 is 0. The average Bonchev–Trinajstić information content (AvgIpc) is 1.96. The Labute approximate surface area is 70.0 Å². The number of hydrogen-bond donors (Lipinski definition) is 0. The monoisotopic (exact) mass is 150 g/mol. The van der Waals surface area contributed by atoms with Crippen molar-refractivity contribution in [3.8, 4) is 0 Å². The molecule has 1 aliphatic rings. The van der Waals surface area contributed by atoms with Crippen molar-refractivity contribution < 1.29 is 0 Å². The van der Waals surface area contributed by atoms with E-state index in [1.165, 1.54) is 18.4 Å². The van der Waals surface area contributed by atoms with Gasteiger partial charge in [-0.2, -0.15) is 0 Å². The normalized spacial score (nSPS) is 25.5. The SMILES string of the molecule is CCC1CC(C)=CC(C)=C1C. The van der Waals surface area contributed by atoms with E-state index in [0.29, 0.717) is 0 Å². The Kier molecular flexibility index (Phi) is 2.53. The molecule has 0 heteroatoms. The quantitative estimate of drug-likeness (QED) is 0.534. The van der Waals surface area contributed by atoms with Gasteiger partial charge in [0.05, 0.1) is 0 Å². The summed E-state index contributed by atoms with van der Waals surface area (Å²) in [6.07, 6.45) is 4.88. The van der Waals surface area contributed by atoms with Crippen molar-refractivity contribution in [1.29, 1.82) is 0 Å². The van der Waals surface area contributed by atoms with Crippen LogP contribution in [0.25, 0.3) is 0 Å². The standard InChI is InChI=1S/C11H18/c1-5-11-7-8(2)6-9(3)10(11)4/h6,11H,5,7H2,1-4H3. The smallest absolute Gasteiger partial charge is 0.0166 e. The Morgan fingerprint density at radius 2 is 2.00 bits per heavy atom. The fourth-order valence-electron chi connectivity index (χ4n) is 1.86. The second-order valence-electron chi connectivity index (χ2n) is 3.67. The third-order valence-corrected chi connectivity index (χ3v) is 2.76. The molecule has 0 N–H and O–H groups in total. The summed E-state index contributed by atoms with van der Waals surface area (Å²) in [7, 11) is 0. The van der Waals surface area contributed by atoms with Crippen molar-refractivity contribution in [2.45, 2.75) is 40.5 Å². The van der Waals surface area contributed by atoms with Crippen LogP contribution in [0.4, 0.5) is 0 Å². The molecule has 0 saturated carbocycles. The van der Waals surface area contributed by atoms with E-state index in [1.807, 2.05) is 0 Å². The third kappa shape index (κ3) is 1.74. The van der Waals surface area contributed by atoms with Gasteiger partial charge in [0.2, 0.25) is 0 Å². The van der Waals surface area contributed by atoms with Gasteiger partial charge in [0.1, 0.15) is 0 Å². The highest BCUT2D eigenvalue weighted by molar-refractivity contribution is 5.32. The van der Waals surface area contributed by atoms with Crippen molar-refractivity contribution in [3.05, 3.63) is 22.8 Å². The van der Waals surface area contributed by atoms with Gasteiger partial charge in [-0.15, -0.1) is 0 Å². The molecule has 11 heavy (non-hydrogen) atoms. The van der Waals surface area contributed by atoms with Crippen LogP contribution in [0.1, 0.15) is 40.5 Å². The maximum Gasteiger partial charge on any atom is -0.0166 e. The maximum atomic E-state index is 2.32. The molecular weight excluding hydrogens is 132 g/mol. The molecular formula is C11H18. The lowest BCUT2D eigenvalue weighted by molar-refractivity contribution is 0.572. The van der Waals surface area contributed by atoms with Crippen molar-refractivity contribution in [2.24, 2.45) is 5.92 Å². The van der Waals surface area contributed by atoms with Crippen molar-refractivity contribution in [1.82, 2.24) is 0 Å². The van der Waals surface area contributed by atoms with Crippen molar-refractivity contribution in [3.63, 3.8) is 0 Å². The summed E-state index contributed by atoms with van der Waals surface area (Å²) >= 11 is 0. The van der Waals surface area contributed by atoms with E-state index in [4.69, 9.17) is 0 Å². The van der Waals surface area contributed by atoms with E-state index >= 15 is 0 Å². The second-order valence-corrected chi connectivity index (χ2v) is 3.67. The van der Waals surface area contributed by atoms with Gasteiger partial charge in [-0.1, -0.05) is 29.7 Å². The van der Waals surface area contributed by atoms with Crippen LogP contribution in [0.3, 0.4) is 0 Å². The van der Waals surface area contributed by atoms with Crippen LogP contribution >= 0.6 is 0 Å². The van der Waals surface area contributed by atoms with Crippen LogP contribution in [0, 0.1) is 5.92 Å². The molecule has 0 saturated heterocycles. The van der Waals surface area contributed by atoms with Gasteiger partial charge < -0.3 is 0 Å². The topological polar surface area (TPSA) is 0 Å². The van der Waals surface area contributed by atoms with Gasteiger partial charge in [-0.25, -0.2) is 0 Å². The molecule has 1 aliphatic carbocycles. The molecule has 0 spiro atoms. The number of rotatable bonds is 1. The lowest BCUT2D eigenvalue weighted by Gasteiger charge is -2.22. The Bertz CT molecular complexity index is 206. The van der Waals surface area contributed by atoms with Crippen molar-refractivity contribution >= 4 is 0 Å². The lowest BCUT2D eigenvalue weighted by atomic mass is 9.83. The first-order chi connectivity index (χ1) is 5.15. The van der Waals surface area contributed by atoms with Gasteiger partial charge in [0, 0.05) is 0 Å². The Balaban J connectivity index is 2.87. The summed E-state index contributed by atoms with van der Waals surface area (Å²) in [4.78, 5) is 0. The van der Waals surface area contributed by atoms with E-state index < -0.39 is 0 Å². The zero-order chi connectivity index (χ0) is 8.43. The molecule has 0 radical (unpaired) electrons. The molecule has 1 rings (SSSR count). The van der Waals surface area contributed by atoms with Gasteiger partial charge in [0.15, 0.2) is 0 Å². The minimum atomic E-state index is 0.819. The Morgan fingerprint density at radius 3 is 2.55 bits per heavy atom. The summed E-state index contributed by atoms with van der Waals surface area (Å²) in [5, 5.41) is 0. The van der Waals surface area contributed by atoms with Gasteiger partial charge >= 0.3 is 0 Å². The Morgan fingerprint density at radius 1 is 1.36 bits per heavy atom. The van der Waals surface area contributed by atoms with Gasteiger partial charge in [0.25, 0.3) is 0 Å². The minimum absolute atomic E-state index is 0.819.